The number of ether oxygens (including phenoxy) is 7. The Balaban J connectivity index is 0.962. The number of carbonyl (C=O) groups excluding carboxylic acids is 6. The number of carboxylic acid groups (broad SMARTS) is 1. The molecule has 28 nitrogen and oxygen atoms in total. The van der Waals surface area contributed by atoms with Crippen molar-refractivity contribution in [3.8, 4) is 28.6 Å². The lowest BCUT2D eigenvalue weighted by molar-refractivity contribution is -0.271. The summed E-state index contributed by atoms with van der Waals surface area (Å²) in [4.78, 5) is 110. The van der Waals surface area contributed by atoms with Gasteiger partial charge in [0.1, 0.15) is 37.3 Å². The summed E-state index contributed by atoms with van der Waals surface area (Å²) in [5.74, 6) is -5.35. The topological polar surface area (TPSA) is 391 Å². The average Bonchev–Trinajstić information content (AvgIpc) is 4.33. The van der Waals surface area contributed by atoms with Crippen molar-refractivity contribution in [2.75, 3.05) is 52.1 Å². The molecule has 2 aromatic heterocycles. The first kappa shape index (κ1) is 53.8. The van der Waals surface area contributed by atoms with E-state index in [1.54, 1.807) is 12.1 Å². The fourth-order valence-electron chi connectivity index (χ4n) is 9.05. The molecule has 404 valence electrons. The zero-order valence-electron chi connectivity index (χ0n) is 40.4. The molecule has 1 fully saturated rings. The molecule has 5 unspecified atom stereocenters. The van der Waals surface area contributed by atoms with E-state index in [0.717, 1.165) is 28.0 Å². The number of hydrogen-bond acceptors (Lipinski definition) is 23. The minimum absolute atomic E-state index is 0.0531. The largest absolute Gasteiger partial charge is 0.509 e. The lowest BCUT2D eigenvalue weighted by atomic mass is 9.72. The van der Waals surface area contributed by atoms with Crippen LogP contribution in [0.25, 0.3) is 22.3 Å². The van der Waals surface area contributed by atoms with Crippen LogP contribution in [0.2, 0.25) is 0 Å². The normalized spacial score (nSPS) is 22.0. The number of nitrogens with zero attached hydrogens (tertiary/aromatic N) is 4. The molecular weight excluding hydrogens is 1020 g/mol. The van der Waals surface area contributed by atoms with Gasteiger partial charge in [0, 0.05) is 61.3 Å². The van der Waals surface area contributed by atoms with Crippen molar-refractivity contribution in [2.45, 2.75) is 74.5 Å². The molecule has 5 aliphatic heterocycles. The number of likely N-dealkylation sites (N-methyl/N-ethyl adjacent to an activating group) is 1. The standard InChI is InChI=1S/C48H47BN6O22/c1-53(34(60)6-7-54-35(61)4-5-36(54)62)14-33(59)51-28-8-21(2-3-30(28)75-44-40(65)38(63)39(64)41(76-44)43(67)68)15-72-46(70)77-48(49)26-10-29-37-24(13-55(29)42(66)25(26)16-71-45(48)69)23(12-50-47(17-56,18-57)19-58)22-9-31-32(74-20-73-31)11-27(22)52-37/h2-5,8-11,38-41,44,50,56-58,63-65H,6-7,12-20H2,1H3,(H,51,59)(H,67,68)/t38?,39?,40?,41?,44?,48-/m0/s1. The number of aliphatic hydroxyl groups excluding tert-OH is 6. The number of amides is 4. The third-order valence-electron chi connectivity index (χ3n) is 13.5. The van der Waals surface area contributed by atoms with E-state index in [-0.39, 0.29) is 72.4 Å². The third kappa shape index (κ3) is 10.1. The van der Waals surface area contributed by atoms with Crippen LogP contribution in [0.1, 0.15) is 34.2 Å². The summed E-state index contributed by atoms with van der Waals surface area (Å²) in [6.07, 6.45) is -10.1. The summed E-state index contributed by atoms with van der Waals surface area (Å²) in [7, 11) is 7.81. The van der Waals surface area contributed by atoms with E-state index in [1.807, 2.05) is 0 Å². The first-order valence-corrected chi connectivity index (χ1v) is 23.4. The fraction of sp³-hybridized carbons (Fsp3) is 0.396. The van der Waals surface area contributed by atoms with Gasteiger partial charge in [0.25, 0.3) is 17.4 Å². The monoisotopic (exact) mass is 1070 g/mol. The highest BCUT2D eigenvalue weighted by atomic mass is 16.7. The van der Waals surface area contributed by atoms with Crippen LogP contribution in [0.15, 0.2) is 53.3 Å². The summed E-state index contributed by atoms with van der Waals surface area (Å²) < 4.78 is 39.5. The number of aliphatic carboxylic acids is 1. The number of pyridine rings is 2. The molecule has 7 heterocycles. The molecule has 9 N–H and O–H groups in total. The molecule has 2 aromatic carbocycles. The van der Waals surface area contributed by atoms with Crippen LogP contribution < -0.4 is 30.4 Å². The minimum atomic E-state index is -2.80. The number of hydrogen-bond donors (Lipinski definition) is 9. The molecule has 9 rings (SSSR count). The van der Waals surface area contributed by atoms with Crippen LogP contribution in [0.5, 0.6) is 17.2 Å². The number of imide groups is 1. The summed E-state index contributed by atoms with van der Waals surface area (Å²) in [5, 5.41) is 77.1. The Bertz CT molecular complexity index is 3190. The summed E-state index contributed by atoms with van der Waals surface area (Å²) in [5.41, 5.74) is -3.92. The maximum Gasteiger partial charge on any atom is 0.509 e. The summed E-state index contributed by atoms with van der Waals surface area (Å²) in [6.45, 7) is -4.34. The smallest absolute Gasteiger partial charge is 0.479 e. The second-order valence-corrected chi connectivity index (χ2v) is 18.4. The van der Waals surface area contributed by atoms with Gasteiger partial charge in [0.15, 0.2) is 30.9 Å². The maximum atomic E-state index is 14.3. The molecule has 4 aromatic rings. The maximum absolute atomic E-state index is 14.3. The van der Waals surface area contributed by atoms with E-state index < -0.39 is 129 Å². The summed E-state index contributed by atoms with van der Waals surface area (Å²) >= 11 is 0. The lowest BCUT2D eigenvalue weighted by Gasteiger charge is -2.38. The molecule has 77 heavy (non-hydrogen) atoms. The Kier molecular flexibility index (Phi) is 14.8. The van der Waals surface area contributed by atoms with Crippen LogP contribution in [-0.4, -0.2) is 188 Å². The number of rotatable bonds is 18. The first-order valence-electron chi connectivity index (χ1n) is 23.4. The SMILES string of the molecule is [B][C@@]1(OC(=O)OCc2ccc(OC3OC(C(=O)O)C(O)C(O)C3O)c(NC(=O)CN(C)C(=O)CCN3C(=O)C=CC3=O)c2)C(=O)OCc2c1cc1n(c2=O)Cc2c-1nc1cc3c(cc1c2CNC(CO)(CO)CO)OCO3. The van der Waals surface area contributed by atoms with Gasteiger partial charge in [-0.25, -0.2) is 19.4 Å². The Labute approximate surface area is 434 Å². The molecule has 0 spiro atoms. The third-order valence-corrected chi connectivity index (χ3v) is 13.5. The highest BCUT2D eigenvalue weighted by Gasteiger charge is 2.50. The Morgan fingerprint density at radius 1 is 0.922 bits per heavy atom. The van der Waals surface area contributed by atoms with Crippen molar-refractivity contribution < 1.29 is 102 Å². The highest BCUT2D eigenvalue weighted by molar-refractivity contribution is 6.27. The van der Waals surface area contributed by atoms with E-state index in [9.17, 15) is 74.1 Å². The lowest BCUT2D eigenvalue weighted by Crippen LogP contribution is -2.61. The van der Waals surface area contributed by atoms with E-state index in [0.29, 0.717) is 33.5 Å². The van der Waals surface area contributed by atoms with E-state index in [2.05, 4.69) is 10.6 Å². The van der Waals surface area contributed by atoms with Crippen LogP contribution in [0.3, 0.4) is 0 Å². The molecule has 4 amide bonds. The number of nitrogens with one attached hydrogen (secondary N) is 2. The Morgan fingerprint density at radius 2 is 1.62 bits per heavy atom. The zero-order valence-corrected chi connectivity index (χ0v) is 40.4. The molecule has 2 radical (unpaired) electrons. The predicted octanol–water partition coefficient (Wildman–Crippen LogP) is -3.33. The Morgan fingerprint density at radius 3 is 2.31 bits per heavy atom. The number of fused-ring (bicyclic) bond motifs is 6. The Hall–Kier alpha value is -8.03. The predicted molar refractivity (Wildman–Crippen MR) is 254 cm³/mol. The van der Waals surface area contributed by atoms with Gasteiger partial charge in [-0.2, -0.15) is 0 Å². The van der Waals surface area contributed by atoms with Gasteiger partial charge in [-0.3, -0.25) is 28.9 Å². The number of cyclic esters (lactones) is 1. The zero-order chi connectivity index (χ0) is 55.2. The quantitative estimate of drug-likeness (QED) is 0.0235. The van der Waals surface area contributed by atoms with Gasteiger partial charge < -0.3 is 89.0 Å². The van der Waals surface area contributed by atoms with Crippen molar-refractivity contribution in [1.82, 2.24) is 24.7 Å². The van der Waals surface area contributed by atoms with Gasteiger partial charge in [-0.15, -0.1) is 0 Å². The van der Waals surface area contributed by atoms with Gasteiger partial charge in [-0.1, -0.05) is 6.07 Å². The molecular formula is C48H47BN6O22. The number of benzene rings is 2. The minimum Gasteiger partial charge on any atom is -0.479 e. The molecule has 29 heteroatoms. The second-order valence-electron chi connectivity index (χ2n) is 18.4. The van der Waals surface area contributed by atoms with Crippen molar-refractivity contribution >= 4 is 66.2 Å². The van der Waals surface area contributed by atoms with Crippen LogP contribution >= 0.6 is 0 Å². The van der Waals surface area contributed by atoms with Gasteiger partial charge in [0.2, 0.25) is 24.9 Å². The number of esters is 1. The fourth-order valence-corrected chi connectivity index (χ4v) is 9.05. The number of carbonyl (C=O) groups is 7. The second kappa shape index (κ2) is 21.2. The van der Waals surface area contributed by atoms with Crippen LogP contribution in [-0.2, 0) is 79.5 Å². The number of carboxylic acids is 1. The molecule has 1 saturated heterocycles. The van der Waals surface area contributed by atoms with E-state index in [1.165, 1.54) is 29.8 Å². The average molecular weight is 1070 g/mol. The van der Waals surface area contributed by atoms with Crippen molar-refractivity contribution in [3.05, 3.63) is 86.7 Å². The molecule has 0 bridgehead atoms. The van der Waals surface area contributed by atoms with Gasteiger partial charge in [0.05, 0.1) is 66.6 Å². The number of anilines is 1. The van der Waals surface area contributed by atoms with Gasteiger partial charge >= 0.3 is 18.1 Å². The number of aliphatic hydroxyl groups is 6. The molecule has 0 aliphatic carbocycles. The van der Waals surface area contributed by atoms with Crippen molar-refractivity contribution in [3.63, 3.8) is 0 Å². The van der Waals surface area contributed by atoms with Crippen LogP contribution in [0.4, 0.5) is 10.5 Å². The molecule has 6 atom stereocenters. The number of aromatic nitrogens is 2. The summed E-state index contributed by atoms with van der Waals surface area (Å²) in [6, 6.07) is 8.21. The molecule has 5 aliphatic rings. The van der Waals surface area contributed by atoms with Crippen molar-refractivity contribution in [1.29, 1.82) is 0 Å². The van der Waals surface area contributed by atoms with Gasteiger partial charge in [-0.05, 0) is 35.4 Å². The van der Waals surface area contributed by atoms with E-state index >= 15 is 0 Å². The highest BCUT2D eigenvalue weighted by Crippen LogP contribution is 2.43. The molecule has 0 saturated carbocycles. The van der Waals surface area contributed by atoms with E-state index in [4.69, 9.17) is 46.0 Å². The first-order chi connectivity index (χ1) is 36.7. The van der Waals surface area contributed by atoms with Crippen LogP contribution in [0, 0.1) is 0 Å². The van der Waals surface area contributed by atoms with Crippen molar-refractivity contribution in [2.24, 2.45) is 0 Å².